The van der Waals surface area contributed by atoms with Gasteiger partial charge in [0.25, 0.3) is 10.0 Å². The molecular weight excluding hydrogens is 248 g/mol. The predicted molar refractivity (Wildman–Crippen MR) is 66.7 cm³/mol. The van der Waals surface area contributed by atoms with E-state index in [4.69, 9.17) is 17.3 Å². The number of nitrogens with two attached hydrogens (primary N) is 1. The Hall–Kier alpha value is -1.33. The number of nitrogens with zero attached hydrogens (tertiary/aromatic N) is 1. The number of sulfonamides is 1. The molecule has 1 aromatic carbocycles. The van der Waals surface area contributed by atoms with Gasteiger partial charge in [0, 0.05) is 5.02 Å². The number of benzene rings is 1. The fourth-order valence-corrected chi connectivity index (χ4v) is 1.89. The molecule has 1 aromatic rings. The van der Waals surface area contributed by atoms with E-state index in [1.807, 2.05) is 0 Å². The van der Waals surface area contributed by atoms with E-state index in [0.717, 1.165) is 11.0 Å². The van der Waals surface area contributed by atoms with E-state index < -0.39 is 10.0 Å². The highest BCUT2D eigenvalue weighted by Gasteiger charge is 2.01. The third-order valence-corrected chi connectivity index (χ3v) is 2.85. The maximum absolute atomic E-state index is 11.3. The van der Waals surface area contributed by atoms with Gasteiger partial charge in [-0.25, -0.2) is 0 Å². The second kappa shape index (κ2) is 5.14. The van der Waals surface area contributed by atoms with E-state index in [-0.39, 0.29) is 5.84 Å². The number of hydrogen-bond acceptors (Lipinski definition) is 2. The van der Waals surface area contributed by atoms with Crippen molar-refractivity contribution in [1.82, 2.24) is 0 Å². The summed E-state index contributed by atoms with van der Waals surface area (Å²) in [6.07, 6.45) is 1.43. The summed E-state index contributed by atoms with van der Waals surface area (Å²) in [5.74, 6) is 0.000700. The van der Waals surface area contributed by atoms with Gasteiger partial charge in [-0.15, -0.1) is 4.40 Å². The largest absolute Gasteiger partial charge is 0.387 e. The van der Waals surface area contributed by atoms with Crippen LogP contribution in [0.25, 0.3) is 6.08 Å². The third kappa shape index (κ3) is 4.46. The molecule has 0 aliphatic rings. The summed E-state index contributed by atoms with van der Waals surface area (Å²) >= 11 is 5.69. The minimum absolute atomic E-state index is 0.000700. The number of hydrogen-bond donors (Lipinski definition) is 1. The van der Waals surface area contributed by atoms with Crippen LogP contribution in [0, 0.1) is 0 Å². The summed E-state index contributed by atoms with van der Waals surface area (Å²) in [6, 6.07) is 6.75. The van der Waals surface area contributed by atoms with Gasteiger partial charge in [-0.3, -0.25) is 0 Å². The zero-order valence-electron chi connectivity index (χ0n) is 8.59. The second-order valence-corrected chi connectivity index (χ2v) is 5.02. The summed E-state index contributed by atoms with van der Waals surface area (Å²) in [5, 5.41) is 1.59. The van der Waals surface area contributed by atoms with Gasteiger partial charge in [-0.1, -0.05) is 23.7 Å². The molecule has 16 heavy (non-hydrogen) atoms. The molecule has 0 fully saturated rings. The van der Waals surface area contributed by atoms with Crippen LogP contribution in [0.15, 0.2) is 34.1 Å². The topological polar surface area (TPSA) is 72.5 Å². The molecule has 1 rings (SSSR count). The summed E-state index contributed by atoms with van der Waals surface area (Å²) in [4.78, 5) is 0. The van der Waals surface area contributed by atoms with Crippen LogP contribution in [0.1, 0.15) is 12.5 Å². The molecule has 0 saturated heterocycles. The Morgan fingerprint density at radius 3 is 2.44 bits per heavy atom. The van der Waals surface area contributed by atoms with Crippen LogP contribution in [0.3, 0.4) is 0 Å². The minimum atomic E-state index is -3.64. The highest BCUT2D eigenvalue weighted by Crippen LogP contribution is 2.11. The van der Waals surface area contributed by atoms with E-state index in [1.165, 1.54) is 13.0 Å². The minimum Gasteiger partial charge on any atom is -0.387 e. The van der Waals surface area contributed by atoms with E-state index in [0.29, 0.717) is 5.02 Å². The van der Waals surface area contributed by atoms with Crippen molar-refractivity contribution in [2.45, 2.75) is 6.92 Å². The number of amidine groups is 1. The van der Waals surface area contributed by atoms with Crippen molar-refractivity contribution >= 4 is 33.5 Å². The summed E-state index contributed by atoms with van der Waals surface area (Å²) in [5.41, 5.74) is 5.91. The Morgan fingerprint density at radius 1 is 1.38 bits per heavy atom. The van der Waals surface area contributed by atoms with Crippen molar-refractivity contribution in [3.8, 4) is 0 Å². The highest BCUT2D eigenvalue weighted by atomic mass is 35.5. The fraction of sp³-hybridized carbons (Fsp3) is 0.100. The lowest BCUT2D eigenvalue weighted by Crippen LogP contribution is -2.08. The first-order valence-electron chi connectivity index (χ1n) is 4.40. The molecule has 0 aliphatic carbocycles. The SMILES string of the molecule is CC(N)=NS(=O)(=O)C=Cc1ccc(Cl)cc1. The van der Waals surface area contributed by atoms with Gasteiger partial charge < -0.3 is 5.73 Å². The Morgan fingerprint density at radius 2 is 1.94 bits per heavy atom. The van der Waals surface area contributed by atoms with Gasteiger partial charge in [0.1, 0.15) is 5.84 Å². The molecule has 2 N–H and O–H groups in total. The average Bonchev–Trinajstić information content (AvgIpc) is 2.15. The molecule has 0 atom stereocenters. The summed E-state index contributed by atoms with van der Waals surface area (Å²) in [6.45, 7) is 1.41. The quantitative estimate of drug-likeness (QED) is 0.666. The Labute approximate surface area is 99.5 Å². The van der Waals surface area contributed by atoms with Crippen LogP contribution in [0.5, 0.6) is 0 Å². The van der Waals surface area contributed by atoms with Gasteiger partial charge in [0.15, 0.2) is 0 Å². The van der Waals surface area contributed by atoms with Gasteiger partial charge in [-0.05, 0) is 30.7 Å². The molecule has 0 aromatic heterocycles. The highest BCUT2D eigenvalue weighted by molar-refractivity contribution is 7.93. The molecule has 0 amide bonds. The normalized spacial score (nSPS) is 13.2. The number of rotatable bonds is 3. The summed E-state index contributed by atoms with van der Waals surface area (Å²) in [7, 11) is -3.64. The lowest BCUT2D eigenvalue weighted by atomic mass is 10.2. The lowest BCUT2D eigenvalue weighted by molar-refractivity contribution is 0.606. The van der Waals surface area contributed by atoms with E-state index >= 15 is 0 Å². The molecule has 0 bridgehead atoms. The van der Waals surface area contributed by atoms with Crippen LogP contribution < -0.4 is 5.73 Å². The van der Waals surface area contributed by atoms with Crippen molar-refractivity contribution in [1.29, 1.82) is 0 Å². The molecule has 0 unspecified atom stereocenters. The van der Waals surface area contributed by atoms with E-state index in [1.54, 1.807) is 24.3 Å². The monoisotopic (exact) mass is 258 g/mol. The maximum atomic E-state index is 11.3. The first kappa shape index (κ1) is 12.7. The lowest BCUT2D eigenvalue weighted by Gasteiger charge is -1.94. The fourth-order valence-electron chi connectivity index (χ4n) is 0.970. The van der Waals surface area contributed by atoms with Crippen LogP contribution >= 0.6 is 11.6 Å². The first-order valence-corrected chi connectivity index (χ1v) is 6.28. The van der Waals surface area contributed by atoms with Gasteiger partial charge in [0.2, 0.25) is 0 Å². The molecule has 0 spiro atoms. The Bertz CT molecular complexity index is 514. The van der Waals surface area contributed by atoms with Crippen molar-refractivity contribution in [3.63, 3.8) is 0 Å². The third-order valence-electron chi connectivity index (χ3n) is 1.57. The average molecular weight is 259 g/mol. The van der Waals surface area contributed by atoms with Crippen LogP contribution in [-0.4, -0.2) is 14.3 Å². The smallest absolute Gasteiger partial charge is 0.277 e. The second-order valence-electron chi connectivity index (χ2n) is 3.10. The van der Waals surface area contributed by atoms with Crippen molar-refractivity contribution in [2.75, 3.05) is 0 Å². The molecule has 86 valence electrons. The molecular formula is C10H11ClN2O2S. The first-order chi connectivity index (χ1) is 7.39. The summed E-state index contributed by atoms with van der Waals surface area (Å²) < 4.78 is 25.9. The Balaban J connectivity index is 2.90. The molecule has 0 heterocycles. The van der Waals surface area contributed by atoms with Gasteiger partial charge in [-0.2, -0.15) is 8.42 Å². The zero-order valence-corrected chi connectivity index (χ0v) is 10.2. The standard InChI is InChI=1S/C10H11ClN2O2S/c1-8(12)13-16(14,15)7-6-9-2-4-10(11)5-3-9/h2-7H,1H3,(H2,12,13). The van der Waals surface area contributed by atoms with E-state index in [9.17, 15) is 8.42 Å². The predicted octanol–water partition coefficient (Wildman–Crippen LogP) is 2.02. The molecule has 4 nitrogen and oxygen atoms in total. The molecule has 0 saturated carbocycles. The molecule has 0 radical (unpaired) electrons. The van der Waals surface area contributed by atoms with E-state index in [2.05, 4.69) is 4.40 Å². The van der Waals surface area contributed by atoms with Crippen molar-refractivity contribution in [3.05, 3.63) is 40.3 Å². The van der Waals surface area contributed by atoms with Gasteiger partial charge >= 0.3 is 0 Å². The number of halogens is 1. The Kier molecular flexibility index (Phi) is 4.09. The molecule has 0 aliphatic heterocycles. The molecule has 6 heteroatoms. The van der Waals surface area contributed by atoms with Crippen LogP contribution in [0.4, 0.5) is 0 Å². The van der Waals surface area contributed by atoms with Crippen molar-refractivity contribution in [2.24, 2.45) is 10.1 Å². The van der Waals surface area contributed by atoms with Crippen molar-refractivity contribution < 1.29 is 8.42 Å². The maximum Gasteiger partial charge on any atom is 0.277 e. The van der Waals surface area contributed by atoms with Crippen LogP contribution in [0.2, 0.25) is 5.02 Å². The zero-order chi connectivity index (χ0) is 12.2. The van der Waals surface area contributed by atoms with Crippen LogP contribution in [-0.2, 0) is 10.0 Å². The van der Waals surface area contributed by atoms with Gasteiger partial charge in [0.05, 0.1) is 5.41 Å².